The van der Waals surface area contributed by atoms with Gasteiger partial charge in [0.1, 0.15) is 6.61 Å². The largest absolute Gasteiger partial charge is 0.370 e. The third-order valence-electron chi connectivity index (χ3n) is 2.24. The summed E-state index contributed by atoms with van der Waals surface area (Å²) >= 11 is 0. The van der Waals surface area contributed by atoms with E-state index in [2.05, 4.69) is 5.32 Å². The molecule has 1 aromatic carbocycles. The third-order valence-corrected chi connectivity index (χ3v) is 2.24. The summed E-state index contributed by atoms with van der Waals surface area (Å²) in [6, 6.07) is 9.31. The fourth-order valence-corrected chi connectivity index (χ4v) is 1.39. The smallest absolute Gasteiger partial charge is 0.283 e. The Bertz CT molecular complexity index is 304. The fourth-order valence-electron chi connectivity index (χ4n) is 1.39. The van der Waals surface area contributed by atoms with Gasteiger partial charge in [-0.05, 0) is 18.5 Å². The van der Waals surface area contributed by atoms with Crippen LogP contribution < -0.4 is 5.32 Å². The molecule has 0 aliphatic carbocycles. The number of nitrogens with one attached hydrogen (secondary N) is 1. The van der Waals surface area contributed by atoms with Crippen molar-refractivity contribution in [1.29, 1.82) is 0 Å². The second-order valence-corrected chi connectivity index (χ2v) is 4.01. The van der Waals surface area contributed by atoms with E-state index in [0.717, 1.165) is 12.0 Å². The first-order valence-electron chi connectivity index (χ1n) is 5.84. The van der Waals surface area contributed by atoms with Gasteiger partial charge in [0, 0.05) is 0 Å². The van der Waals surface area contributed by atoms with Crippen LogP contribution in [0, 0.1) is 0 Å². The van der Waals surface area contributed by atoms with E-state index in [1.165, 1.54) is 0 Å². The molecule has 0 saturated heterocycles. The second kappa shape index (κ2) is 7.35. The molecule has 0 saturated carbocycles. The molecule has 1 N–H and O–H groups in total. The van der Waals surface area contributed by atoms with Gasteiger partial charge in [-0.15, -0.1) is 0 Å². The summed E-state index contributed by atoms with van der Waals surface area (Å²) in [4.78, 5) is 0. The van der Waals surface area contributed by atoms with Gasteiger partial charge in [-0.2, -0.15) is 0 Å². The predicted molar refractivity (Wildman–Crippen MR) is 64.2 cm³/mol. The Morgan fingerprint density at radius 2 is 1.94 bits per heavy atom. The minimum Gasteiger partial charge on any atom is -0.370 e. The van der Waals surface area contributed by atoms with Crippen molar-refractivity contribution >= 4 is 0 Å². The highest BCUT2D eigenvalue weighted by molar-refractivity contribution is 5.13. The molecule has 0 amide bonds. The maximum Gasteiger partial charge on any atom is 0.283 e. The monoisotopic (exact) mass is 243 g/mol. The zero-order valence-electron chi connectivity index (χ0n) is 10.1. The van der Waals surface area contributed by atoms with Crippen molar-refractivity contribution in [2.24, 2.45) is 0 Å². The summed E-state index contributed by atoms with van der Waals surface area (Å²) in [6.07, 6.45) is 0.848. The highest BCUT2D eigenvalue weighted by Gasteiger charge is 2.28. The lowest BCUT2D eigenvalue weighted by Crippen LogP contribution is -2.37. The Balaban J connectivity index is 2.20. The molecule has 0 fully saturated rings. The molecule has 0 aliphatic rings. The molecular formula is C13H19F2NO. The van der Waals surface area contributed by atoms with Crippen LogP contribution in [0.1, 0.15) is 18.9 Å². The highest BCUT2D eigenvalue weighted by atomic mass is 19.3. The number of hydrogen-bond donors (Lipinski definition) is 1. The molecule has 1 aromatic rings. The van der Waals surface area contributed by atoms with Crippen molar-refractivity contribution in [2.45, 2.75) is 25.9 Å². The average molecular weight is 243 g/mol. The summed E-state index contributed by atoms with van der Waals surface area (Å²) in [5.41, 5.74) is 0.907. The molecule has 0 unspecified atom stereocenters. The highest BCUT2D eigenvalue weighted by Crippen LogP contribution is 2.13. The molecule has 0 aliphatic heterocycles. The SMILES string of the molecule is CCCNCC(F)(F)COCc1ccccc1. The van der Waals surface area contributed by atoms with Crippen LogP contribution in [-0.2, 0) is 11.3 Å². The number of hydrogen-bond acceptors (Lipinski definition) is 2. The van der Waals surface area contributed by atoms with E-state index in [4.69, 9.17) is 4.74 Å². The second-order valence-electron chi connectivity index (χ2n) is 4.01. The van der Waals surface area contributed by atoms with Crippen LogP contribution >= 0.6 is 0 Å². The molecule has 2 nitrogen and oxygen atoms in total. The van der Waals surface area contributed by atoms with E-state index < -0.39 is 12.5 Å². The van der Waals surface area contributed by atoms with Crippen LogP contribution in [0.4, 0.5) is 8.78 Å². The van der Waals surface area contributed by atoms with Crippen molar-refractivity contribution in [3.8, 4) is 0 Å². The van der Waals surface area contributed by atoms with Crippen LogP contribution in [0.25, 0.3) is 0 Å². The van der Waals surface area contributed by atoms with Gasteiger partial charge in [0.25, 0.3) is 5.92 Å². The van der Waals surface area contributed by atoms with Gasteiger partial charge in [0.15, 0.2) is 0 Å². The minimum atomic E-state index is -2.80. The summed E-state index contributed by atoms with van der Waals surface area (Å²) in [7, 11) is 0. The van der Waals surface area contributed by atoms with Crippen molar-refractivity contribution in [3.05, 3.63) is 35.9 Å². The third kappa shape index (κ3) is 6.34. The number of halogens is 2. The van der Waals surface area contributed by atoms with Crippen LogP contribution in [0.15, 0.2) is 30.3 Å². The van der Waals surface area contributed by atoms with E-state index in [1.807, 2.05) is 37.3 Å². The molecule has 1 rings (SSSR count). The number of ether oxygens (including phenoxy) is 1. The van der Waals surface area contributed by atoms with Crippen LogP contribution in [0.3, 0.4) is 0 Å². The Morgan fingerprint density at radius 1 is 1.24 bits per heavy atom. The summed E-state index contributed by atoms with van der Waals surface area (Å²) in [6.45, 7) is 1.91. The van der Waals surface area contributed by atoms with E-state index in [9.17, 15) is 8.78 Å². The van der Waals surface area contributed by atoms with E-state index in [-0.39, 0.29) is 13.2 Å². The van der Waals surface area contributed by atoms with Gasteiger partial charge in [-0.25, -0.2) is 8.78 Å². The molecule has 17 heavy (non-hydrogen) atoms. The zero-order valence-corrected chi connectivity index (χ0v) is 10.1. The standard InChI is InChI=1S/C13H19F2NO/c1-2-8-16-10-13(14,15)11-17-9-12-6-4-3-5-7-12/h3-7,16H,2,8-11H2,1H3. The van der Waals surface area contributed by atoms with E-state index in [0.29, 0.717) is 6.54 Å². The lowest BCUT2D eigenvalue weighted by Gasteiger charge is -2.17. The Morgan fingerprint density at radius 3 is 2.59 bits per heavy atom. The Labute approximate surface area is 101 Å². The van der Waals surface area contributed by atoms with Gasteiger partial charge in [0.2, 0.25) is 0 Å². The van der Waals surface area contributed by atoms with E-state index in [1.54, 1.807) is 0 Å². The Hall–Kier alpha value is -1.00. The predicted octanol–water partition coefficient (Wildman–Crippen LogP) is 2.84. The molecule has 0 spiro atoms. The van der Waals surface area contributed by atoms with Gasteiger partial charge in [-0.3, -0.25) is 0 Å². The molecule has 0 bridgehead atoms. The van der Waals surface area contributed by atoms with E-state index >= 15 is 0 Å². The summed E-state index contributed by atoms with van der Waals surface area (Å²) in [5, 5.41) is 2.69. The van der Waals surface area contributed by atoms with Crippen LogP contribution in [-0.4, -0.2) is 25.6 Å². The first-order valence-corrected chi connectivity index (χ1v) is 5.84. The summed E-state index contributed by atoms with van der Waals surface area (Å²) < 4.78 is 31.5. The molecule has 0 radical (unpaired) electrons. The van der Waals surface area contributed by atoms with Crippen molar-refractivity contribution in [1.82, 2.24) is 5.32 Å². The van der Waals surface area contributed by atoms with Crippen LogP contribution in [0.5, 0.6) is 0 Å². The number of rotatable bonds is 8. The van der Waals surface area contributed by atoms with Gasteiger partial charge in [-0.1, -0.05) is 37.3 Å². The molecule has 0 heterocycles. The maximum atomic E-state index is 13.3. The number of benzene rings is 1. The van der Waals surface area contributed by atoms with Crippen LogP contribution in [0.2, 0.25) is 0 Å². The fraction of sp³-hybridized carbons (Fsp3) is 0.538. The number of alkyl halides is 2. The first-order chi connectivity index (χ1) is 8.14. The van der Waals surface area contributed by atoms with Crippen molar-refractivity contribution < 1.29 is 13.5 Å². The molecular weight excluding hydrogens is 224 g/mol. The lowest BCUT2D eigenvalue weighted by atomic mass is 10.2. The average Bonchev–Trinajstić information content (AvgIpc) is 2.30. The normalized spacial score (nSPS) is 11.7. The Kier molecular flexibility index (Phi) is 6.08. The molecule has 0 atom stereocenters. The molecule has 0 aromatic heterocycles. The minimum absolute atomic E-state index is 0.226. The topological polar surface area (TPSA) is 21.3 Å². The van der Waals surface area contributed by atoms with Crippen molar-refractivity contribution in [3.63, 3.8) is 0 Å². The molecule has 4 heteroatoms. The quantitative estimate of drug-likeness (QED) is 0.709. The van der Waals surface area contributed by atoms with Gasteiger partial charge in [0.05, 0.1) is 13.2 Å². The first kappa shape index (κ1) is 14.1. The summed E-state index contributed by atoms with van der Waals surface area (Å²) in [5.74, 6) is -2.80. The van der Waals surface area contributed by atoms with Crippen molar-refractivity contribution in [2.75, 3.05) is 19.7 Å². The lowest BCUT2D eigenvalue weighted by molar-refractivity contribution is -0.0791. The van der Waals surface area contributed by atoms with Gasteiger partial charge >= 0.3 is 0 Å². The molecule has 96 valence electrons. The maximum absolute atomic E-state index is 13.3. The zero-order chi connectivity index (χ0) is 12.6. The van der Waals surface area contributed by atoms with Gasteiger partial charge < -0.3 is 10.1 Å².